The first-order chi connectivity index (χ1) is 10.9. The molecule has 0 radical (unpaired) electrons. The van der Waals surface area contributed by atoms with Gasteiger partial charge in [0.25, 0.3) is 0 Å². The van der Waals surface area contributed by atoms with Crippen LogP contribution in [0.2, 0.25) is 0 Å². The van der Waals surface area contributed by atoms with E-state index in [1.165, 1.54) is 5.56 Å². The Morgan fingerprint density at radius 3 is 2.43 bits per heavy atom. The third kappa shape index (κ3) is 5.55. The van der Waals surface area contributed by atoms with Crippen LogP contribution in [-0.2, 0) is 16.4 Å². The lowest BCUT2D eigenvalue weighted by Crippen LogP contribution is -2.21. The molecule has 0 bridgehead atoms. The fraction of sp³-hybridized carbons (Fsp3) is 0.294. The molecule has 0 amide bonds. The van der Waals surface area contributed by atoms with Crippen LogP contribution in [0.15, 0.2) is 46.9 Å². The van der Waals surface area contributed by atoms with Crippen molar-refractivity contribution in [1.29, 1.82) is 0 Å². The van der Waals surface area contributed by atoms with Crippen molar-refractivity contribution in [2.75, 3.05) is 17.1 Å². The van der Waals surface area contributed by atoms with Gasteiger partial charge in [-0.15, -0.1) is 0 Å². The Morgan fingerprint density at radius 2 is 1.83 bits per heavy atom. The summed E-state index contributed by atoms with van der Waals surface area (Å²) in [5, 5.41) is 0. The number of rotatable bonds is 7. The van der Waals surface area contributed by atoms with Gasteiger partial charge < -0.3 is 4.74 Å². The molecule has 2 rings (SSSR count). The van der Waals surface area contributed by atoms with E-state index in [0.29, 0.717) is 11.4 Å². The number of aryl methyl sites for hydroxylation is 2. The van der Waals surface area contributed by atoms with Gasteiger partial charge in [0, 0.05) is 4.47 Å². The molecular weight excluding hydrogens is 378 g/mol. The van der Waals surface area contributed by atoms with Crippen LogP contribution in [0.5, 0.6) is 5.75 Å². The number of sulfonamides is 1. The molecule has 4 nitrogen and oxygen atoms in total. The highest BCUT2D eigenvalue weighted by atomic mass is 79.9. The first-order valence-electron chi connectivity index (χ1n) is 7.38. The fourth-order valence-electron chi connectivity index (χ4n) is 2.05. The molecule has 6 heteroatoms. The van der Waals surface area contributed by atoms with Gasteiger partial charge in [-0.3, -0.25) is 4.72 Å². The van der Waals surface area contributed by atoms with E-state index in [-0.39, 0.29) is 12.4 Å². The molecule has 0 aromatic heterocycles. The van der Waals surface area contributed by atoms with E-state index in [0.717, 1.165) is 16.5 Å². The highest BCUT2D eigenvalue weighted by Gasteiger charge is 2.12. The van der Waals surface area contributed by atoms with Gasteiger partial charge in [0.2, 0.25) is 10.0 Å². The molecule has 0 aliphatic carbocycles. The van der Waals surface area contributed by atoms with Crippen molar-refractivity contribution in [3.05, 3.63) is 58.1 Å². The van der Waals surface area contributed by atoms with Gasteiger partial charge in [-0.2, -0.15) is 0 Å². The number of benzene rings is 2. The number of nitrogens with one attached hydrogen (secondary N) is 1. The quantitative estimate of drug-likeness (QED) is 0.763. The van der Waals surface area contributed by atoms with E-state index in [9.17, 15) is 8.42 Å². The number of hydrogen-bond donors (Lipinski definition) is 1. The molecule has 0 aliphatic heterocycles. The number of halogens is 1. The highest BCUT2D eigenvalue weighted by Crippen LogP contribution is 2.21. The largest absolute Gasteiger partial charge is 0.492 e. The second-order valence-electron chi connectivity index (χ2n) is 5.23. The van der Waals surface area contributed by atoms with Crippen molar-refractivity contribution in [2.24, 2.45) is 0 Å². The minimum Gasteiger partial charge on any atom is -0.492 e. The molecule has 2 aromatic carbocycles. The summed E-state index contributed by atoms with van der Waals surface area (Å²) in [4.78, 5) is 0. The van der Waals surface area contributed by atoms with Gasteiger partial charge in [0.05, 0.1) is 5.69 Å². The third-order valence-electron chi connectivity index (χ3n) is 3.41. The van der Waals surface area contributed by atoms with Gasteiger partial charge in [0.1, 0.15) is 18.1 Å². The Bertz CT molecular complexity index is 758. The van der Waals surface area contributed by atoms with Crippen molar-refractivity contribution in [2.45, 2.75) is 20.3 Å². The minimum absolute atomic E-state index is 0.0992. The lowest BCUT2D eigenvalue weighted by Gasteiger charge is -2.11. The van der Waals surface area contributed by atoms with Crippen LogP contribution in [0.1, 0.15) is 18.1 Å². The topological polar surface area (TPSA) is 55.4 Å². The Hall–Kier alpha value is -1.53. The molecule has 2 aromatic rings. The summed E-state index contributed by atoms with van der Waals surface area (Å²) in [6.07, 6.45) is 0.963. The SMILES string of the molecule is CCc1ccc(OCCS(=O)(=O)Nc2ccc(Br)cc2C)cc1. The Labute approximate surface area is 146 Å². The van der Waals surface area contributed by atoms with Crippen molar-refractivity contribution in [3.8, 4) is 5.75 Å². The van der Waals surface area contributed by atoms with E-state index < -0.39 is 10.0 Å². The summed E-state index contributed by atoms with van der Waals surface area (Å²) < 4.78 is 33.3. The van der Waals surface area contributed by atoms with Crippen molar-refractivity contribution >= 4 is 31.6 Å². The van der Waals surface area contributed by atoms with Crippen LogP contribution < -0.4 is 9.46 Å². The summed E-state index contributed by atoms with van der Waals surface area (Å²) >= 11 is 3.36. The number of ether oxygens (including phenoxy) is 1. The van der Waals surface area contributed by atoms with Gasteiger partial charge in [-0.25, -0.2) is 8.42 Å². The monoisotopic (exact) mass is 397 g/mol. The number of anilines is 1. The van der Waals surface area contributed by atoms with E-state index >= 15 is 0 Å². The van der Waals surface area contributed by atoms with Gasteiger partial charge in [-0.1, -0.05) is 35.0 Å². The molecule has 0 fully saturated rings. The lowest BCUT2D eigenvalue weighted by molar-refractivity contribution is 0.341. The highest BCUT2D eigenvalue weighted by molar-refractivity contribution is 9.10. The Balaban J connectivity index is 1.90. The van der Waals surface area contributed by atoms with Crippen molar-refractivity contribution in [3.63, 3.8) is 0 Å². The zero-order valence-electron chi connectivity index (χ0n) is 13.2. The van der Waals surface area contributed by atoms with Crippen LogP contribution in [0, 0.1) is 6.92 Å². The molecule has 0 saturated heterocycles. The van der Waals surface area contributed by atoms with Crippen LogP contribution in [0.3, 0.4) is 0 Å². The Kier molecular flexibility index (Phi) is 6.07. The molecular formula is C17H20BrNO3S. The molecule has 124 valence electrons. The first-order valence-corrected chi connectivity index (χ1v) is 9.82. The van der Waals surface area contributed by atoms with Gasteiger partial charge in [-0.05, 0) is 54.8 Å². The molecule has 0 unspecified atom stereocenters. The standard InChI is InChI=1S/C17H20BrNO3S/c1-3-14-4-7-16(8-5-14)22-10-11-23(20,21)19-17-9-6-15(18)12-13(17)2/h4-9,12,19H,3,10-11H2,1-2H3. The van der Waals surface area contributed by atoms with Crippen LogP contribution in [0.25, 0.3) is 0 Å². The van der Waals surface area contributed by atoms with E-state index in [4.69, 9.17) is 4.74 Å². The summed E-state index contributed by atoms with van der Waals surface area (Å²) in [5.74, 6) is 0.579. The molecule has 0 spiro atoms. The maximum absolute atomic E-state index is 12.1. The average Bonchev–Trinajstić information content (AvgIpc) is 2.50. The summed E-state index contributed by atoms with van der Waals surface area (Å²) in [7, 11) is -3.44. The number of hydrogen-bond acceptors (Lipinski definition) is 3. The zero-order valence-corrected chi connectivity index (χ0v) is 15.6. The van der Waals surface area contributed by atoms with E-state index in [2.05, 4.69) is 27.6 Å². The predicted octanol–water partition coefficient (Wildman–Crippen LogP) is 4.14. The second-order valence-corrected chi connectivity index (χ2v) is 7.98. The normalized spacial score (nSPS) is 11.3. The van der Waals surface area contributed by atoms with Gasteiger partial charge >= 0.3 is 0 Å². The summed E-state index contributed by atoms with van der Waals surface area (Å²) in [6, 6.07) is 13.1. The maximum atomic E-state index is 12.1. The summed E-state index contributed by atoms with van der Waals surface area (Å²) in [6.45, 7) is 4.04. The molecule has 0 saturated carbocycles. The van der Waals surface area contributed by atoms with Crippen LogP contribution >= 0.6 is 15.9 Å². The van der Waals surface area contributed by atoms with Crippen LogP contribution in [-0.4, -0.2) is 20.8 Å². The average molecular weight is 398 g/mol. The smallest absolute Gasteiger partial charge is 0.236 e. The molecule has 23 heavy (non-hydrogen) atoms. The molecule has 0 atom stereocenters. The van der Waals surface area contributed by atoms with Crippen molar-refractivity contribution in [1.82, 2.24) is 0 Å². The maximum Gasteiger partial charge on any atom is 0.236 e. The minimum atomic E-state index is -3.44. The zero-order chi connectivity index (χ0) is 16.9. The third-order valence-corrected chi connectivity index (χ3v) is 5.13. The molecule has 0 heterocycles. The van der Waals surface area contributed by atoms with Crippen molar-refractivity contribution < 1.29 is 13.2 Å². The van der Waals surface area contributed by atoms with Crippen LogP contribution in [0.4, 0.5) is 5.69 Å². The molecule has 1 N–H and O–H groups in total. The van der Waals surface area contributed by atoms with E-state index in [1.807, 2.05) is 37.3 Å². The first kappa shape index (κ1) is 17.8. The Morgan fingerprint density at radius 1 is 1.13 bits per heavy atom. The lowest BCUT2D eigenvalue weighted by atomic mass is 10.2. The molecule has 0 aliphatic rings. The van der Waals surface area contributed by atoms with E-state index in [1.54, 1.807) is 12.1 Å². The second kappa shape index (κ2) is 7.84. The fourth-order valence-corrected chi connectivity index (χ4v) is 3.50. The predicted molar refractivity (Wildman–Crippen MR) is 97.6 cm³/mol. The summed E-state index contributed by atoms with van der Waals surface area (Å²) in [5.41, 5.74) is 2.66. The van der Waals surface area contributed by atoms with Gasteiger partial charge in [0.15, 0.2) is 0 Å².